The topological polar surface area (TPSA) is 145 Å². The first-order valence-electron chi connectivity index (χ1n) is 8.55. The van der Waals surface area contributed by atoms with Gasteiger partial charge in [0.2, 0.25) is 0 Å². The van der Waals surface area contributed by atoms with Crippen molar-refractivity contribution in [1.82, 2.24) is 0 Å². The average molecular weight is 439 g/mol. The lowest BCUT2D eigenvalue weighted by Gasteiger charge is -2.06. The summed E-state index contributed by atoms with van der Waals surface area (Å²) in [7, 11) is 0. The van der Waals surface area contributed by atoms with Crippen LogP contribution in [0.4, 0.5) is 11.4 Å². The molecule has 0 N–H and O–H groups in total. The summed E-state index contributed by atoms with van der Waals surface area (Å²) in [6.45, 7) is 0. The number of allylic oxidation sites excluding steroid dienone is 4. The van der Waals surface area contributed by atoms with E-state index < -0.39 is 21.7 Å². The van der Waals surface area contributed by atoms with Crippen molar-refractivity contribution in [3.05, 3.63) is 103 Å². The molecule has 2 aromatic rings. The number of hydrogen-bond donors (Lipinski definition) is 0. The first kappa shape index (κ1) is 21.4. The molecule has 0 saturated heterocycles. The molecule has 2 amide bonds. The monoisotopic (exact) mass is 438 g/mol. The zero-order valence-electron chi connectivity index (χ0n) is 15.5. The normalized spacial score (nSPS) is 15.6. The van der Waals surface area contributed by atoms with Gasteiger partial charge in [-0.15, -0.1) is 0 Å². The van der Waals surface area contributed by atoms with Crippen LogP contribution in [0.1, 0.15) is 20.7 Å². The number of hydrogen-bond acceptors (Lipinski definition) is 6. The van der Waals surface area contributed by atoms with E-state index in [1.165, 1.54) is 54.6 Å². The maximum atomic E-state index is 12.3. The summed E-state index contributed by atoms with van der Waals surface area (Å²) in [4.78, 5) is 52.7. The van der Waals surface area contributed by atoms with E-state index in [1.807, 2.05) is 0 Å². The second-order valence-corrected chi connectivity index (χ2v) is 6.49. The zero-order valence-corrected chi connectivity index (χ0v) is 16.2. The summed E-state index contributed by atoms with van der Waals surface area (Å²) in [6.07, 6.45) is 4.05. The number of halogens is 1. The van der Waals surface area contributed by atoms with Crippen LogP contribution in [0, 0.1) is 20.2 Å². The fourth-order valence-electron chi connectivity index (χ4n) is 2.52. The van der Waals surface area contributed by atoms with Crippen molar-refractivity contribution < 1.29 is 19.4 Å². The first-order valence-corrected chi connectivity index (χ1v) is 8.93. The van der Waals surface area contributed by atoms with Gasteiger partial charge in [0.1, 0.15) is 0 Å². The molecule has 0 fully saturated rings. The number of carbonyl (C=O) groups is 2. The Bertz CT molecular complexity index is 1250. The maximum Gasteiger partial charge on any atom is 0.277 e. The van der Waals surface area contributed by atoms with Crippen LogP contribution in [0.5, 0.6) is 0 Å². The minimum absolute atomic E-state index is 0.0138. The number of carbonyl (C=O) groups excluding carboxylic acids is 2. The van der Waals surface area contributed by atoms with Crippen LogP contribution in [-0.2, 0) is 0 Å². The van der Waals surface area contributed by atoms with Crippen molar-refractivity contribution in [2.24, 2.45) is 9.98 Å². The van der Waals surface area contributed by atoms with Crippen LogP contribution in [0.15, 0.2) is 81.8 Å². The van der Waals surface area contributed by atoms with Crippen molar-refractivity contribution in [2.75, 3.05) is 0 Å². The second kappa shape index (κ2) is 9.01. The van der Waals surface area contributed by atoms with Crippen molar-refractivity contribution in [1.29, 1.82) is 0 Å². The van der Waals surface area contributed by atoms with E-state index in [1.54, 1.807) is 0 Å². The number of nitrogens with zero attached hydrogens (tertiary/aromatic N) is 4. The molecule has 0 atom stereocenters. The first-order chi connectivity index (χ1) is 14.7. The standard InChI is InChI=1S/C20H11ClN4O6/c21-17-11-14(22-19(26)12-3-1-5-15(9-12)24(28)29)7-8-18(17)23-20(27)13-4-2-6-16(10-13)25(30)31/h1-11H. The Hall–Kier alpha value is -4.31. The molecular formula is C20H11ClN4O6. The van der Waals surface area contributed by atoms with Gasteiger partial charge in [0.05, 0.1) is 26.3 Å². The summed E-state index contributed by atoms with van der Waals surface area (Å²) in [6, 6.07) is 10.2. The molecule has 0 saturated carbocycles. The Kier molecular flexibility index (Phi) is 6.22. The van der Waals surface area contributed by atoms with Crippen LogP contribution in [-0.4, -0.2) is 33.1 Å². The molecule has 2 aromatic carbocycles. The molecule has 1 aliphatic carbocycles. The van der Waals surface area contributed by atoms with Gasteiger partial charge < -0.3 is 0 Å². The maximum absolute atomic E-state index is 12.3. The highest BCUT2D eigenvalue weighted by atomic mass is 35.5. The van der Waals surface area contributed by atoms with Crippen molar-refractivity contribution in [2.45, 2.75) is 0 Å². The number of amides is 2. The van der Waals surface area contributed by atoms with Crippen molar-refractivity contribution in [3.63, 3.8) is 0 Å². The molecule has 0 aliphatic heterocycles. The van der Waals surface area contributed by atoms with Gasteiger partial charge in [-0.05, 0) is 30.4 Å². The molecule has 1 aliphatic rings. The molecule has 0 radical (unpaired) electrons. The zero-order chi connectivity index (χ0) is 22.5. The van der Waals surface area contributed by atoms with Crippen LogP contribution < -0.4 is 0 Å². The molecule has 10 nitrogen and oxygen atoms in total. The van der Waals surface area contributed by atoms with Gasteiger partial charge in [0, 0.05) is 35.4 Å². The van der Waals surface area contributed by atoms with Gasteiger partial charge in [-0.2, -0.15) is 0 Å². The third-order valence-electron chi connectivity index (χ3n) is 3.99. The lowest BCUT2D eigenvalue weighted by atomic mass is 10.1. The van der Waals surface area contributed by atoms with E-state index in [4.69, 9.17) is 11.6 Å². The smallest absolute Gasteiger partial charge is 0.267 e. The molecule has 154 valence electrons. The Morgan fingerprint density at radius 3 is 1.81 bits per heavy atom. The highest BCUT2D eigenvalue weighted by molar-refractivity contribution is 6.49. The molecule has 0 spiro atoms. The van der Waals surface area contributed by atoms with Gasteiger partial charge in [0.15, 0.2) is 0 Å². The molecule has 0 unspecified atom stereocenters. The van der Waals surface area contributed by atoms with Gasteiger partial charge >= 0.3 is 0 Å². The minimum Gasteiger partial charge on any atom is -0.267 e. The van der Waals surface area contributed by atoms with E-state index in [2.05, 4.69) is 9.98 Å². The Balaban J connectivity index is 1.80. The fourth-order valence-corrected chi connectivity index (χ4v) is 2.73. The van der Waals surface area contributed by atoms with Crippen molar-refractivity contribution in [3.8, 4) is 0 Å². The van der Waals surface area contributed by atoms with Gasteiger partial charge in [-0.3, -0.25) is 29.8 Å². The summed E-state index contributed by atoms with van der Waals surface area (Å²) >= 11 is 6.12. The van der Waals surface area contributed by atoms with E-state index in [0.717, 1.165) is 12.1 Å². The SMILES string of the molecule is O=C(N=C1C=CC(=NC(=O)c2cccc([N+](=O)[O-])c2)C(Cl)=C1)c1cccc([N+](=O)[O-])c1. The van der Waals surface area contributed by atoms with Crippen LogP contribution >= 0.6 is 11.6 Å². The molecule has 0 heterocycles. The summed E-state index contributed by atoms with van der Waals surface area (Å²) < 4.78 is 0. The second-order valence-electron chi connectivity index (χ2n) is 6.08. The van der Waals surface area contributed by atoms with Crippen LogP contribution in [0.3, 0.4) is 0 Å². The molecule has 11 heteroatoms. The number of rotatable bonds is 4. The third-order valence-corrected chi connectivity index (χ3v) is 4.29. The highest BCUT2D eigenvalue weighted by Gasteiger charge is 2.16. The predicted molar refractivity (Wildman–Crippen MR) is 113 cm³/mol. The number of nitro groups is 2. The Labute approximate surface area is 179 Å². The quantitative estimate of drug-likeness (QED) is 0.399. The number of aliphatic imine (C=N–C) groups is 2. The molecule has 3 rings (SSSR count). The number of benzene rings is 2. The van der Waals surface area contributed by atoms with Crippen LogP contribution in [0.25, 0.3) is 0 Å². The number of nitro benzene ring substituents is 2. The lowest BCUT2D eigenvalue weighted by Crippen LogP contribution is -2.09. The average Bonchev–Trinajstić information content (AvgIpc) is 2.75. The van der Waals surface area contributed by atoms with E-state index in [0.29, 0.717) is 0 Å². The van der Waals surface area contributed by atoms with Crippen molar-refractivity contribution >= 4 is 46.2 Å². The third kappa shape index (κ3) is 5.19. The Morgan fingerprint density at radius 2 is 1.32 bits per heavy atom. The minimum atomic E-state index is -0.733. The Morgan fingerprint density at radius 1 is 0.806 bits per heavy atom. The molecule has 0 aromatic heterocycles. The molecular weight excluding hydrogens is 428 g/mol. The molecule has 31 heavy (non-hydrogen) atoms. The predicted octanol–water partition coefficient (Wildman–Crippen LogP) is 4.06. The van der Waals surface area contributed by atoms with Gasteiger partial charge in [-0.25, -0.2) is 9.98 Å². The lowest BCUT2D eigenvalue weighted by molar-refractivity contribution is -0.385. The molecule has 0 bridgehead atoms. The van der Waals surface area contributed by atoms with Gasteiger partial charge in [0.25, 0.3) is 23.2 Å². The summed E-state index contributed by atoms with van der Waals surface area (Å²) in [5.41, 5.74) is -0.211. The van der Waals surface area contributed by atoms with Crippen LogP contribution in [0.2, 0.25) is 0 Å². The summed E-state index contributed by atoms with van der Waals surface area (Å²) in [5.74, 6) is -1.44. The fraction of sp³-hybridized carbons (Fsp3) is 0. The largest absolute Gasteiger partial charge is 0.277 e. The summed E-state index contributed by atoms with van der Waals surface area (Å²) in [5, 5.41) is 21.7. The highest BCUT2D eigenvalue weighted by Crippen LogP contribution is 2.18. The van der Waals surface area contributed by atoms with Gasteiger partial charge in [-0.1, -0.05) is 23.7 Å². The number of non-ortho nitro benzene ring substituents is 2. The van der Waals surface area contributed by atoms with E-state index in [-0.39, 0.29) is 39.0 Å². The van der Waals surface area contributed by atoms with E-state index >= 15 is 0 Å². The van der Waals surface area contributed by atoms with E-state index in [9.17, 15) is 29.8 Å².